The molecule has 2 aliphatic heterocycles. The summed E-state index contributed by atoms with van der Waals surface area (Å²) in [7, 11) is 0. The van der Waals surface area contributed by atoms with E-state index in [1.807, 2.05) is 11.5 Å². The van der Waals surface area contributed by atoms with E-state index in [9.17, 15) is 0 Å². The molecule has 1 fully saturated rings. The molecule has 24 heavy (non-hydrogen) atoms. The lowest BCUT2D eigenvalue weighted by Crippen LogP contribution is -2.44. The Hall–Kier alpha value is -1.92. The Balaban J connectivity index is 1.46. The Morgan fingerprint density at radius 2 is 2.21 bits per heavy atom. The van der Waals surface area contributed by atoms with Crippen molar-refractivity contribution in [1.29, 1.82) is 0 Å². The Morgan fingerprint density at radius 1 is 1.33 bits per heavy atom. The van der Waals surface area contributed by atoms with Gasteiger partial charge in [0.2, 0.25) is 0 Å². The lowest BCUT2D eigenvalue weighted by molar-refractivity contribution is -0.0802. The molecule has 0 amide bonds. The molecule has 1 aromatic heterocycles. The smallest absolute Gasteiger partial charge is 0.129 e. The third-order valence-corrected chi connectivity index (χ3v) is 5.14. The van der Waals surface area contributed by atoms with Gasteiger partial charge in [-0.2, -0.15) is 0 Å². The summed E-state index contributed by atoms with van der Waals surface area (Å²) >= 11 is 0. The summed E-state index contributed by atoms with van der Waals surface area (Å²) in [5, 5.41) is 11.3. The van der Waals surface area contributed by atoms with Gasteiger partial charge in [0.1, 0.15) is 24.5 Å². The summed E-state index contributed by atoms with van der Waals surface area (Å²) in [5.74, 6) is 1.85. The maximum Gasteiger partial charge on any atom is 0.129 e. The quantitative estimate of drug-likeness (QED) is 0.928. The highest BCUT2D eigenvalue weighted by Crippen LogP contribution is 2.41. The molecule has 0 saturated carbocycles. The van der Waals surface area contributed by atoms with Crippen LogP contribution in [0.2, 0.25) is 0 Å². The molecular formula is C18H24N4O2. The number of hydrogen-bond donors (Lipinski definition) is 1. The van der Waals surface area contributed by atoms with Gasteiger partial charge in [0.15, 0.2) is 0 Å². The topological polar surface area (TPSA) is 61.2 Å². The van der Waals surface area contributed by atoms with Gasteiger partial charge in [0, 0.05) is 0 Å². The first-order chi connectivity index (χ1) is 11.8. The zero-order chi connectivity index (χ0) is 16.4. The van der Waals surface area contributed by atoms with Crippen LogP contribution in [0.1, 0.15) is 29.8 Å². The van der Waals surface area contributed by atoms with Gasteiger partial charge in [-0.25, -0.2) is 0 Å². The summed E-state index contributed by atoms with van der Waals surface area (Å²) in [6.45, 7) is 6.17. The molecule has 2 aromatic rings. The molecule has 1 N–H and O–H groups in total. The third kappa shape index (κ3) is 2.91. The van der Waals surface area contributed by atoms with Crippen molar-refractivity contribution < 1.29 is 9.47 Å². The van der Waals surface area contributed by atoms with Crippen molar-refractivity contribution in [2.24, 2.45) is 0 Å². The molecule has 2 aliphatic rings. The molecule has 0 unspecified atom stereocenters. The van der Waals surface area contributed by atoms with E-state index in [0.29, 0.717) is 6.61 Å². The fraction of sp³-hybridized carbons (Fsp3) is 0.556. The Labute approximate surface area is 142 Å². The van der Waals surface area contributed by atoms with Crippen LogP contribution in [0.5, 0.6) is 5.75 Å². The van der Waals surface area contributed by atoms with Gasteiger partial charge >= 0.3 is 0 Å². The van der Waals surface area contributed by atoms with Gasteiger partial charge in [0.05, 0.1) is 18.8 Å². The molecule has 6 heteroatoms. The van der Waals surface area contributed by atoms with Crippen molar-refractivity contribution in [3.63, 3.8) is 0 Å². The van der Waals surface area contributed by atoms with Crippen molar-refractivity contribution >= 4 is 0 Å². The molecule has 4 rings (SSSR count). The van der Waals surface area contributed by atoms with E-state index in [0.717, 1.165) is 57.1 Å². The maximum absolute atomic E-state index is 6.22. The first-order valence-electron chi connectivity index (χ1n) is 8.72. The number of rotatable bonds is 4. The van der Waals surface area contributed by atoms with E-state index in [4.69, 9.17) is 9.47 Å². The molecule has 0 radical (unpaired) electrons. The highest BCUT2D eigenvalue weighted by atomic mass is 16.5. The van der Waals surface area contributed by atoms with Gasteiger partial charge in [-0.05, 0) is 62.5 Å². The number of benzene rings is 1. The number of piperidine rings is 1. The van der Waals surface area contributed by atoms with Crippen molar-refractivity contribution in [1.82, 2.24) is 20.1 Å². The third-order valence-electron chi connectivity index (χ3n) is 5.14. The minimum atomic E-state index is -0.0864. The van der Waals surface area contributed by atoms with Gasteiger partial charge < -0.3 is 19.4 Å². The molecule has 0 aliphatic carbocycles. The first kappa shape index (κ1) is 15.6. The van der Waals surface area contributed by atoms with E-state index in [1.165, 1.54) is 11.1 Å². The second-order valence-corrected chi connectivity index (χ2v) is 6.58. The summed E-state index contributed by atoms with van der Waals surface area (Å²) < 4.78 is 14.2. The van der Waals surface area contributed by atoms with Crippen LogP contribution in [-0.4, -0.2) is 41.1 Å². The van der Waals surface area contributed by atoms with E-state index in [2.05, 4.69) is 33.7 Å². The van der Waals surface area contributed by atoms with E-state index < -0.39 is 0 Å². The number of nitrogens with zero attached hydrogens (tertiary/aromatic N) is 3. The normalized spacial score (nSPS) is 19.2. The van der Waals surface area contributed by atoms with Crippen LogP contribution in [0.3, 0.4) is 0 Å². The number of ether oxygens (including phenoxy) is 2. The van der Waals surface area contributed by atoms with Crippen LogP contribution >= 0.6 is 0 Å². The van der Waals surface area contributed by atoms with Crippen LogP contribution in [-0.2, 0) is 23.3 Å². The lowest BCUT2D eigenvalue weighted by Gasteiger charge is -2.42. The molecule has 3 heterocycles. The van der Waals surface area contributed by atoms with E-state index in [1.54, 1.807) is 6.33 Å². The van der Waals surface area contributed by atoms with Crippen LogP contribution in [0.15, 0.2) is 24.5 Å². The van der Waals surface area contributed by atoms with E-state index in [-0.39, 0.29) is 5.60 Å². The molecule has 6 nitrogen and oxygen atoms in total. The van der Waals surface area contributed by atoms with Crippen molar-refractivity contribution in [3.05, 3.63) is 41.5 Å². The fourth-order valence-electron chi connectivity index (χ4n) is 3.78. The lowest BCUT2D eigenvalue weighted by atomic mass is 9.80. The summed E-state index contributed by atoms with van der Waals surface area (Å²) in [5.41, 5.74) is 2.65. The van der Waals surface area contributed by atoms with Crippen molar-refractivity contribution in [3.8, 4) is 5.75 Å². The minimum Gasteiger partial charge on any atom is -0.492 e. The highest BCUT2D eigenvalue weighted by molar-refractivity contribution is 5.41. The zero-order valence-electron chi connectivity index (χ0n) is 14.1. The summed E-state index contributed by atoms with van der Waals surface area (Å²) in [6, 6.07) is 6.48. The van der Waals surface area contributed by atoms with Gasteiger partial charge in [0.25, 0.3) is 0 Å². The Bertz CT molecular complexity index is 707. The fourth-order valence-corrected chi connectivity index (χ4v) is 3.78. The second-order valence-electron chi connectivity index (χ2n) is 6.58. The number of nitrogens with one attached hydrogen (secondary N) is 1. The Morgan fingerprint density at radius 3 is 3.00 bits per heavy atom. The SMILES string of the molecule is Cc1nncn1CCOc1ccc2c(c1)CCOC21CCNCC1. The number of aryl methyl sites for hydroxylation is 1. The predicted molar refractivity (Wildman–Crippen MR) is 90.1 cm³/mol. The molecule has 1 saturated heterocycles. The highest BCUT2D eigenvalue weighted by Gasteiger charge is 2.38. The maximum atomic E-state index is 6.22. The van der Waals surface area contributed by atoms with Crippen molar-refractivity contribution in [2.45, 2.75) is 38.3 Å². The average molecular weight is 328 g/mol. The predicted octanol–water partition coefficient (Wildman–Crippen LogP) is 1.82. The molecular weight excluding hydrogens is 304 g/mol. The van der Waals surface area contributed by atoms with Crippen LogP contribution in [0.4, 0.5) is 0 Å². The van der Waals surface area contributed by atoms with Crippen LogP contribution in [0, 0.1) is 6.92 Å². The molecule has 0 atom stereocenters. The minimum absolute atomic E-state index is 0.0864. The Kier molecular flexibility index (Phi) is 4.24. The largest absolute Gasteiger partial charge is 0.492 e. The summed E-state index contributed by atoms with van der Waals surface area (Å²) in [4.78, 5) is 0. The average Bonchev–Trinajstić information content (AvgIpc) is 3.01. The molecule has 1 aromatic carbocycles. The number of hydrogen-bond acceptors (Lipinski definition) is 5. The number of fused-ring (bicyclic) bond motifs is 2. The molecule has 1 spiro atoms. The summed E-state index contributed by atoms with van der Waals surface area (Å²) in [6.07, 6.45) is 4.80. The standard InChI is InChI=1S/C18H24N4O2/c1-14-21-20-13-22(14)9-11-23-16-2-3-17-15(12-16)4-10-24-18(17)5-7-19-8-6-18/h2-3,12-13,19H,4-11H2,1H3. The molecule has 128 valence electrons. The van der Waals surface area contributed by atoms with Crippen molar-refractivity contribution in [2.75, 3.05) is 26.3 Å². The van der Waals surface area contributed by atoms with Gasteiger partial charge in [-0.15, -0.1) is 10.2 Å². The molecule has 0 bridgehead atoms. The zero-order valence-corrected chi connectivity index (χ0v) is 14.1. The van der Waals surface area contributed by atoms with Gasteiger partial charge in [-0.1, -0.05) is 6.07 Å². The second kappa shape index (κ2) is 6.53. The van der Waals surface area contributed by atoms with E-state index >= 15 is 0 Å². The monoisotopic (exact) mass is 328 g/mol. The number of aromatic nitrogens is 3. The van der Waals surface area contributed by atoms with Gasteiger partial charge in [-0.3, -0.25) is 0 Å². The van der Waals surface area contributed by atoms with Crippen LogP contribution < -0.4 is 10.1 Å². The first-order valence-corrected chi connectivity index (χ1v) is 8.72. The van der Waals surface area contributed by atoms with Crippen LogP contribution in [0.25, 0.3) is 0 Å².